The third kappa shape index (κ3) is 3.34. The second kappa shape index (κ2) is 4.74. The molecule has 0 saturated carbocycles. The molecule has 0 aliphatic heterocycles. The highest BCUT2D eigenvalue weighted by Crippen LogP contribution is 2.11. The van der Waals surface area contributed by atoms with E-state index in [9.17, 15) is 9.59 Å². The van der Waals surface area contributed by atoms with Crippen molar-refractivity contribution < 1.29 is 9.59 Å². The lowest BCUT2D eigenvalue weighted by Crippen LogP contribution is -2.46. The number of amides is 2. The van der Waals surface area contributed by atoms with Gasteiger partial charge in [-0.3, -0.25) is 25.4 Å². The first kappa shape index (κ1) is 12.2. The van der Waals surface area contributed by atoms with Crippen LogP contribution in [0.15, 0.2) is 24.5 Å². The molecule has 5 nitrogen and oxygen atoms in total. The molecule has 86 valence electrons. The molecule has 0 atom stereocenters. The summed E-state index contributed by atoms with van der Waals surface area (Å²) in [5.41, 5.74) is 4.54. The average molecular weight is 221 g/mol. The summed E-state index contributed by atoms with van der Waals surface area (Å²) in [5, 5.41) is 0. The summed E-state index contributed by atoms with van der Waals surface area (Å²) in [6.45, 7) is 5.29. The molecule has 0 radical (unpaired) electrons. The maximum atomic E-state index is 11.5. The van der Waals surface area contributed by atoms with Crippen molar-refractivity contribution in [2.45, 2.75) is 20.8 Å². The first-order valence-corrected chi connectivity index (χ1v) is 4.92. The smallest absolute Gasteiger partial charge is 0.271 e. The van der Waals surface area contributed by atoms with Gasteiger partial charge in [-0.05, 0) is 12.1 Å². The number of carbonyl (C=O) groups excluding carboxylic acids is 2. The van der Waals surface area contributed by atoms with Crippen LogP contribution in [0, 0.1) is 5.41 Å². The fraction of sp³-hybridized carbons (Fsp3) is 0.364. The highest BCUT2D eigenvalue weighted by molar-refractivity contribution is 5.95. The van der Waals surface area contributed by atoms with Crippen molar-refractivity contribution in [3.05, 3.63) is 30.1 Å². The van der Waals surface area contributed by atoms with Crippen LogP contribution in [0.25, 0.3) is 0 Å². The van der Waals surface area contributed by atoms with Gasteiger partial charge in [0.1, 0.15) is 0 Å². The fourth-order valence-electron chi connectivity index (χ4n) is 0.870. The van der Waals surface area contributed by atoms with E-state index in [0.717, 1.165) is 0 Å². The zero-order valence-electron chi connectivity index (χ0n) is 9.57. The molecule has 2 N–H and O–H groups in total. The largest absolute Gasteiger partial charge is 0.273 e. The molecule has 1 aromatic heterocycles. The van der Waals surface area contributed by atoms with Crippen molar-refractivity contribution >= 4 is 11.8 Å². The summed E-state index contributed by atoms with van der Waals surface area (Å²) >= 11 is 0. The molecule has 16 heavy (non-hydrogen) atoms. The molecule has 0 spiro atoms. The van der Waals surface area contributed by atoms with E-state index in [-0.39, 0.29) is 11.8 Å². The van der Waals surface area contributed by atoms with Gasteiger partial charge in [-0.25, -0.2) is 0 Å². The molecule has 1 heterocycles. The lowest BCUT2D eigenvalue weighted by atomic mass is 9.96. The molecule has 0 aromatic carbocycles. The summed E-state index contributed by atoms with van der Waals surface area (Å²) in [4.78, 5) is 26.8. The van der Waals surface area contributed by atoms with E-state index in [1.165, 1.54) is 6.20 Å². The quantitative estimate of drug-likeness (QED) is 0.692. The van der Waals surface area contributed by atoms with Gasteiger partial charge in [-0.2, -0.15) is 0 Å². The Morgan fingerprint density at radius 1 is 1.25 bits per heavy atom. The molecular weight excluding hydrogens is 206 g/mol. The number of hydrazine groups is 1. The third-order valence-corrected chi connectivity index (χ3v) is 1.89. The summed E-state index contributed by atoms with van der Waals surface area (Å²) in [7, 11) is 0. The number of pyridine rings is 1. The van der Waals surface area contributed by atoms with Crippen LogP contribution in [0.1, 0.15) is 31.1 Å². The Labute approximate surface area is 94.2 Å². The Hall–Kier alpha value is -1.91. The van der Waals surface area contributed by atoms with Crippen molar-refractivity contribution in [2.75, 3.05) is 0 Å². The van der Waals surface area contributed by atoms with Crippen molar-refractivity contribution in [3.63, 3.8) is 0 Å². The SMILES string of the molecule is CC(C)(C)C(=O)NNC(=O)c1cccnc1. The Morgan fingerprint density at radius 2 is 1.94 bits per heavy atom. The summed E-state index contributed by atoms with van der Waals surface area (Å²) in [6.07, 6.45) is 3.00. The minimum atomic E-state index is -0.539. The number of aromatic nitrogens is 1. The monoisotopic (exact) mass is 221 g/mol. The van der Waals surface area contributed by atoms with Gasteiger partial charge in [0.15, 0.2) is 0 Å². The topological polar surface area (TPSA) is 71.1 Å². The van der Waals surface area contributed by atoms with Crippen molar-refractivity contribution in [2.24, 2.45) is 5.41 Å². The van der Waals surface area contributed by atoms with E-state index >= 15 is 0 Å². The Morgan fingerprint density at radius 3 is 2.44 bits per heavy atom. The van der Waals surface area contributed by atoms with Gasteiger partial charge in [-0.15, -0.1) is 0 Å². The lowest BCUT2D eigenvalue weighted by Gasteiger charge is -2.17. The number of hydrogen-bond acceptors (Lipinski definition) is 3. The predicted molar refractivity (Wildman–Crippen MR) is 59.3 cm³/mol. The lowest BCUT2D eigenvalue weighted by molar-refractivity contribution is -0.129. The number of hydrogen-bond donors (Lipinski definition) is 2. The van der Waals surface area contributed by atoms with Gasteiger partial charge in [0, 0.05) is 17.8 Å². The minimum Gasteiger partial charge on any atom is -0.273 e. The van der Waals surface area contributed by atoms with Crippen LogP contribution in [-0.2, 0) is 4.79 Å². The van der Waals surface area contributed by atoms with E-state index in [2.05, 4.69) is 15.8 Å². The Kier molecular flexibility index (Phi) is 3.60. The van der Waals surface area contributed by atoms with Crippen molar-refractivity contribution in [3.8, 4) is 0 Å². The van der Waals surface area contributed by atoms with Crippen molar-refractivity contribution in [1.29, 1.82) is 0 Å². The third-order valence-electron chi connectivity index (χ3n) is 1.89. The molecule has 2 amide bonds. The molecule has 0 unspecified atom stereocenters. The van der Waals surface area contributed by atoms with Crippen LogP contribution < -0.4 is 10.9 Å². The molecule has 0 fully saturated rings. The van der Waals surface area contributed by atoms with Crippen LogP contribution >= 0.6 is 0 Å². The van der Waals surface area contributed by atoms with Crippen molar-refractivity contribution in [1.82, 2.24) is 15.8 Å². The van der Waals surface area contributed by atoms with Crippen LogP contribution in [0.4, 0.5) is 0 Å². The second-order valence-electron chi connectivity index (χ2n) is 4.40. The summed E-state index contributed by atoms with van der Waals surface area (Å²) in [6, 6.07) is 3.27. The highest BCUT2D eigenvalue weighted by atomic mass is 16.2. The minimum absolute atomic E-state index is 0.246. The number of carbonyl (C=O) groups is 2. The van der Waals surface area contributed by atoms with E-state index in [1.54, 1.807) is 39.1 Å². The van der Waals surface area contributed by atoms with Gasteiger partial charge in [-0.1, -0.05) is 20.8 Å². The van der Waals surface area contributed by atoms with E-state index in [4.69, 9.17) is 0 Å². The first-order valence-electron chi connectivity index (χ1n) is 4.92. The predicted octanol–water partition coefficient (Wildman–Crippen LogP) is 0.889. The second-order valence-corrected chi connectivity index (χ2v) is 4.40. The molecule has 0 aliphatic rings. The molecule has 0 aliphatic carbocycles. The van der Waals surface area contributed by atoms with Gasteiger partial charge < -0.3 is 0 Å². The molecule has 5 heteroatoms. The molecule has 0 saturated heterocycles. The zero-order valence-corrected chi connectivity index (χ0v) is 9.57. The van der Waals surface area contributed by atoms with Gasteiger partial charge >= 0.3 is 0 Å². The zero-order chi connectivity index (χ0) is 12.2. The highest BCUT2D eigenvalue weighted by Gasteiger charge is 2.21. The van der Waals surface area contributed by atoms with Crippen LogP contribution in [0.5, 0.6) is 0 Å². The molecular formula is C11H15N3O2. The molecule has 1 aromatic rings. The summed E-state index contributed by atoms with van der Waals surface area (Å²) < 4.78 is 0. The number of nitrogens with zero attached hydrogens (tertiary/aromatic N) is 1. The summed E-state index contributed by atoms with van der Waals surface area (Å²) in [5.74, 6) is -0.629. The van der Waals surface area contributed by atoms with Gasteiger partial charge in [0.2, 0.25) is 5.91 Å². The van der Waals surface area contributed by atoms with Crippen LogP contribution in [0.2, 0.25) is 0 Å². The first-order chi connectivity index (χ1) is 7.41. The molecule has 0 bridgehead atoms. The molecule has 1 rings (SSSR count). The maximum Gasteiger partial charge on any atom is 0.271 e. The number of rotatable bonds is 1. The van der Waals surface area contributed by atoms with Gasteiger partial charge in [0.05, 0.1) is 5.56 Å². The Balaban J connectivity index is 2.52. The average Bonchev–Trinajstić information content (AvgIpc) is 2.25. The number of nitrogens with one attached hydrogen (secondary N) is 2. The normalized spacial score (nSPS) is 10.7. The Bertz CT molecular complexity index is 382. The van der Waals surface area contributed by atoms with Gasteiger partial charge in [0.25, 0.3) is 5.91 Å². The fourth-order valence-corrected chi connectivity index (χ4v) is 0.870. The van der Waals surface area contributed by atoms with E-state index in [1.807, 2.05) is 0 Å². The van der Waals surface area contributed by atoms with E-state index < -0.39 is 5.41 Å². The van der Waals surface area contributed by atoms with Crippen LogP contribution in [-0.4, -0.2) is 16.8 Å². The van der Waals surface area contributed by atoms with E-state index in [0.29, 0.717) is 5.56 Å². The van der Waals surface area contributed by atoms with Crippen LogP contribution in [0.3, 0.4) is 0 Å². The standard InChI is InChI=1S/C11H15N3O2/c1-11(2,3)10(16)14-13-9(15)8-5-4-6-12-7-8/h4-7H,1-3H3,(H,13,15)(H,14,16). The maximum absolute atomic E-state index is 11.5.